The zero-order valence-corrected chi connectivity index (χ0v) is 22.0. The minimum absolute atomic E-state index is 0.155. The summed E-state index contributed by atoms with van der Waals surface area (Å²) in [6.45, 7) is 7.83. The van der Waals surface area contributed by atoms with Gasteiger partial charge in [0, 0.05) is 25.3 Å². The van der Waals surface area contributed by atoms with Gasteiger partial charge in [0.15, 0.2) is 11.5 Å². The molecule has 0 saturated carbocycles. The van der Waals surface area contributed by atoms with Gasteiger partial charge in [-0.3, -0.25) is 0 Å². The van der Waals surface area contributed by atoms with Gasteiger partial charge >= 0.3 is 0 Å². The fourth-order valence-electron chi connectivity index (χ4n) is 4.93. The van der Waals surface area contributed by atoms with E-state index < -0.39 is 0 Å². The average molecular weight is 485 g/mol. The molecule has 190 valence electrons. The maximum atomic E-state index is 6.14. The molecule has 1 atom stereocenters. The van der Waals surface area contributed by atoms with E-state index in [0.717, 1.165) is 30.0 Å². The lowest BCUT2D eigenvalue weighted by Gasteiger charge is -2.28. The van der Waals surface area contributed by atoms with Gasteiger partial charge in [0.05, 0.1) is 13.2 Å². The summed E-state index contributed by atoms with van der Waals surface area (Å²) in [5, 5.41) is 3.65. The summed E-state index contributed by atoms with van der Waals surface area (Å²) in [5.74, 6) is 1.59. The lowest BCUT2D eigenvalue weighted by atomic mass is 9.93. The Labute approximate surface area is 216 Å². The number of fused-ring (bicyclic) bond motifs is 1. The molecule has 36 heavy (non-hydrogen) atoms. The molecule has 2 aliphatic heterocycles. The maximum absolute atomic E-state index is 6.14. The van der Waals surface area contributed by atoms with Crippen molar-refractivity contribution in [3.05, 3.63) is 95.1 Å². The van der Waals surface area contributed by atoms with Gasteiger partial charge in [-0.05, 0) is 72.2 Å². The van der Waals surface area contributed by atoms with Gasteiger partial charge in [0.2, 0.25) is 0 Å². The molecular formula is C32H40N2O2. The van der Waals surface area contributed by atoms with Crippen LogP contribution in [0.4, 0.5) is 5.69 Å². The molecule has 1 fully saturated rings. The Balaban J connectivity index is 0.00000148. The zero-order chi connectivity index (χ0) is 25.2. The molecule has 0 radical (unpaired) electrons. The largest absolute Gasteiger partial charge is 0.493 e. The van der Waals surface area contributed by atoms with Gasteiger partial charge < -0.3 is 19.7 Å². The van der Waals surface area contributed by atoms with Crippen LogP contribution in [0.1, 0.15) is 61.4 Å². The van der Waals surface area contributed by atoms with Gasteiger partial charge in [-0.1, -0.05) is 68.5 Å². The Hall–Kier alpha value is -3.24. The van der Waals surface area contributed by atoms with E-state index in [1.165, 1.54) is 54.7 Å². The number of hydrogen-bond donors (Lipinski definition) is 1. The molecule has 0 aliphatic carbocycles. The van der Waals surface area contributed by atoms with Crippen LogP contribution in [0.2, 0.25) is 0 Å². The molecule has 0 amide bonds. The van der Waals surface area contributed by atoms with Crippen LogP contribution in [0.15, 0.2) is 72.8 Å². The van der Waals surface area contributed by atoms with E-state index in [-0.39, 0.29) is 6.04 Å². The third-order valence-electron chi connectivity index (χ3n) is 6.85. The van der Waals surface area contributed by atoms with E-state index in [1.807, 2.05) is 32.0 Å². The first-order valence-corrected chi connectivity index (χ1v) is 13.4. The quantitative estimate of drug-likeness (QED) is 0.385. The van der Waals surface area contributed by atoms with E-state index >= 15 is 0 Å². The smallest absolute Gasteiger partial charge is 0.161 e. The van der Waals surface area contributed by atoms with Crippen LogP contribution in [0, 0.1) is 0 Å². The van der Waals surface area contributed by atoms with Gasteiger partial charge in [-0.15, -0.1) is 0 Å². The summed E-state index contributed by atoms with van der Waals surface area (Å²) >= 11 is 0. The molecule has 1 saturated heterocycles. The number of nitrogens with one attached hydrogen (secondary N) is 1. The van der Waals surface area contributed by atoms with Crippen molar-refractivity contribution in [2.45, 2.75) is 52.2 Å². The Morgan fingerprint density at radius 2 is 1.67 bits per heavy atom. The Morgan fingerprint density at radius 1 is 0.917 bits per heavy atom. The molecule has 3 aromatic carbocycles. The summed E-state index contributed by atoms with van der Waals surface area (Å²) in [4.78, 5) is 2.50. The molecular weight excluding hydrogens is 444 g/mol. The summed E-state index contributed by atoms with van der Waals surface area (Å²) in [6, 6.07) is 23.7. The molecule has 2 heterocycles. The van der Waals surface area contributed by atoms with Crippen molar-refractivity contribution >= 4 is 11.8 Å². The van der Waals surface area contributed by atoms with E-state index in [4.69, 9.17) is 9.47 Å². The minimum atomic E-state index is 0.155. The third kappa shape index (κ3) is 6.50. The van der Waals surface area contributed by atoms with Crippen molar-refractivity contribution < 1.29 is 9.47 Å². The van der Waals surface area contributed by atoms with Crippen molar-refractivity contribution in [1.82, 2.24) is 5.32 Å². The van der Waals surface area contributed by atoms with E-state index in [9.17, 15) is 0 Å². The van der Waals surface area contributed by atoms with Crippen molar-refractivity contribution in [1.29, 1.82) is 0 Å². The summed E-state index contributed by atoms with van der Waals surface area (Å²) in [6.07, 6.45) is 9.43. The first kappa shape index (κ1) is 25.8. The predicted octanol–water partition coefficient (Wildman–Crippen LogP) is 7.19. The van der Waals surface area contributed by atoms with Crippen LogP contribution in [0.5, 0.6) is 11.5 Å². The minimum Gasteiger partial charge on any atom is -0.493 e. The number of methoxy groups -OCH3 is 1. The van der Waals surface area contributed by atoms with Crippen LogP contribution in [-0.2, 0) is 13.0 Å². The Bertz CT molecular complexity index is 1100. The molecule has 4 heteroatoms. The molecule has 1 N–H and O–H groups in total. The fraction of sp³-hybridized carbons (Fsp3) is 0.375. The second-order valence-electron chi connectivity index (χ2n) is 9.16. The lowest BCUT2D eigenvalue weighted by Crippen LogP contribution is -2.29. The number of nitrogens with zero attached hydrogens (tertiary/aromatic N) is 1. The molecule has 1 unspecified atom stereocenters. The third-order valence-corrected chi connectivity index (χ3v) is 6.85. The first-order chi connectivity index (χ1) is 17.8. The van der Waals surface area contributed by atoms with Crippen LogP contribution in [-0.4, -0.2) is 26.7 Å². The number of hydrogen-bond acceptors (Lipinski definition) is 4. The van der Waals surface area contributed by atoms with E-state index in [2.05, 4.69) is 70.9 Å². The number of piperidine rings is 1. The normalized spacial score (nSPS) is 17.2. The molecule has 5 rings (SSSR count). The highest BCUT2D eigenvalue weighted by Crippen LogP contribution is 2.36. The standard InChI is InChI=1S/C30H34N2O2.C2H6/c1-33-29-21-27-25(20-30(29)34-22-24-8-4-2-5-9-24)16-17-31-28(27)15-12-23-10-13-26(14-11-23)32-18-6-3-7-19-32;1-2/h2,4-5,8-15,20-21,28,31H,3,6-7,16-19,22H2,1H3;1-2H3/b15-12+;. The monoisotopic (exact) mass is 484 g/mol. The molecule has 0 aromatic heterocycles. The highest BCUT2D eigenvalue weighted by molar-refractivity contribution is 5.58. The zero-order valence-electron chi connectivity index (χ0n) is 22.0. The van der Waals surface area contributed by atoms with Crippen molar-refractivity contribution in [3.63, 3.8) is 0 Å². The highest BCUT2D eigenvalue weighted by atomic mass is 16.5. The predicted molar refractivity (Wildman–Crippen MR) is 151 cm³/mol. The number of benzene rings is 3. The second kappa shape index (κ2) is 13.2. The van der Waals surface area contributed by atoms with Crippen LogP contribution in [0.25, 0.3) is 6.08 Å². The SMILES string of the molecule is CC.COc1cc2c(cc1OCc1ccccc1)CCNC2/C=C/c1ccc(N2CCCCC2)cc1. The molecule has 3 aromatic rings. The topological polar surface area (TPSA) is 33.7 Å². The van der Waals surface area contributed by atoms with Crippen molar-refractivity contribution in [2.24, 2.45) is 0 Å². The summed E-state index contributed by atoms with van der Waals surface area (Å²) < 4.78 is 11.8. The number of rotatable bonds is 7. The van der Waals surface area contributed by atoms with Gasteiger partial charge in [0.25, 0.3) is 0 Å². The van der Waals surface area contributed by atoms with Crippen LogP contribution >= 0.6 is 0 Å². The van der Waals surface area contributed by atoms with Crippen LogP contribution < -0.4 is 19.7 Å². The van der Waals surface area contributed by atoms with Gasteiger partial charge in [-0.25, -0.2) is 0 Å². The van der Waals surface area contributed by atoms with Crippen molar-refractivity contribution in [2.75, 3.05) is 31.6 Å². The van der Waals surface area contributed by atoms with Crippen molar-refractivity contribution in [3.8, 4) is 11.5 Å². The average Bonchev–Trinajstić information content (AvgIpc) is 2.96. The Kier molecular flexibility index (Phi) is 9.46. The highest BCUT2D eigenvalue weighted by Gasteiger charge is 2.21. The molecule has 2 aliphatic rings. The molecule has 4 nitrogen and oxygen atoms in total. The Morgan fingerprint density at radius 3 is 2.39 bits per heavy atom. The molecule has 0 spiro atoms. The number of ether oxygens (including phenoxy) is 2. The van der Waals surface area contributed by atoms with Gasteiger partial charge in [-0.2, -0.15) is 0 Å². The van der Waals surface area contributed by atoms with Crippen LogP contribution in [0.3, 0.4) is 0 Å². The first-order valence-electron chi connectivity index (χ1n) is 13.4. The number of anilines is 1. The molecule has 0 bridgehead atoms. The maximum Gasteiger partial charge on any atom is 0.161 e. The van der Waals surface area contributed by atoms with E-state index in [1.54, 1.807) is 7.11 Å². The lowest BCUT2D eigenvalue weighted by molar-refractivity contribution is 0.283. The second-order valence-corrected chi connectivity index (χ2v) is 9.16. The van der Waals surface area contributed by atoms with Gasteiger partial charge in [0.1, 0.15) is 6.61 Å². The van der Waals surface area contributed by atoms with E-state index in [0.29, 0.717) is 6.61 Å². The fourth-order valence-corrected chi connectivity index (χ4v) is 4.93. The summed E-state index contributed by atoms with van der Waals surface area (Å²) in [5.41, 5.74) is 6.29. The summed E-state index contributed by atoms with van der Waals surface area (Å²) in [7, 11) is 1.71.